The van der Waals surface area contributed by atoms with Gasteiger partial charge in [-0.05, 0) is 36.4 Å². The van der Waals surface area contributed by atoms with Crippen LogP contribution in [0.4, 0.5) is 10.8 Å². The highest BCUT2D eigenvalue weighted by Gasteiger charge is 2.13. The number of rotatable bonds is 3. The number of nitrogens with one attached hydrogen (secondary N) is 1. The van der Waals surface area contributed by atoms with Crippen molar-refractivity contribution in [2.75, 3.05) is 5.32 Å². The highest BCUT2D eigenvalue weighted by Crippen LogP contribution is 2.26. The van der Waals surface area contributed by atoms with E-state index >= 15 is 0 Å². The first kappa shape index (κ1) is 13.4. The highest BCUT2D eigenvalue weighted by atomic mass is 79.9. The Labute approximate surface area is 138 Å². The molecule has 0 aliphatic heterocycles. The first-order valence-corrected chi connectivity index (χ1v) is 8.06. The molecule has 108 valence electrons. The van der Waals surface area contributed by atoms with Crippen molar-refractivity contribution in [2.24, 2.45) is 0 Å². The number of nitrogens with zero attached hydrogens (tertiary/aromatic N) is 5. The second-order valence-electron chi connectivity index (χ2n) is 4.49. The smallest absolute Gasteiger partial charge is 0.236 e. The second-order valence-corrected chi connectivity index (χ2v) is 6.36. The third-order valence-corrected chi connectivity index (χ3v) is 4.37. The molecule has 6 nitrogen and oxygen atoms in total. The monoisotopic (exact) mass is 372 g/mol. The molecule has 0 unspecified atom stereocenters. The van der Waals surface area contributed by atoms with Gasteiger partial charge in [0.05, 0.1) is 0 Å². The van der Waals surface area contributed by atoms with E-state index in [1.807, 2.05) is 36.4 Å². The fourth-order valence-corrected chi connectivity index (χ4v) is 3.03. The SMILES string of the molecule is Brc1ccc(Nc2nn3c(-c4ccncc4)nnc3s2)cc1. The van der Waals surface area contributed by atoms with E-state index in [2.05, 4.69) is 41.5 Å². The van der Waals surface area contributed by atoms with Gasteiger partial charge in [0.15, 0.2) is 5.82 Å². The van der Waals surface area contributed by atoms with E-state index in [1.165, 1.54) is 11.3 Å². The van der Waals surface area contributed by atoms with E-state index < -0.39 is 0 Å². The van der Waals surface area contributed by atoms with Crippen LogP contribution >= 0.6 is 27.3 Å². The lowest BCUT2D eigenvalue weighted by atomic mass is 10.2. The average molecular weight is 373 g/mol. The number of benzene rings is 1. The molecule has 0 amide bonds. The Morgan fingerprint density at radius 3 is 2.55 bits per heavy atom. The van der Waals surface area contributed by atoms with Crippen LogP contribution in [0.2, 0.25) is 0 Å². The molecule has 0 bridgehead atoms. The molecule has 0 atom stereocenters. The van der Waals surface area contributed by atoms with Crippen LogP contribution in [0.1, 0.15) is 0 Å². The quantitative estimate of drug-likeness (QED) is 0.592. The summed E-state index contributed by atoms with van der Waals surface area (Å²) in [5, 5.41) is 16.9. The Hall–Kier alpha value is -2.32. The van der Waals surface area contributed by atoms with Gasteiger partial charge in [-0.25, -0.2) is 0 Å². The van der Waals surface area contributed by atoms with E-state index in [4.69, 9.17) is 0 Å². The molecular weight excluding hydrogens is 364 g/mol. The van der Waals surface area contributed by atoms with Crippen LogP contribution in [0.5, 0.6) is 0 Å². The van der Waals surface area contributed by atoms with Gasteiger partial charge in [-0.3, -0.25) is 4.98 Å². The van der Waals surface area contributed by atoms with Crippen LogP contribution in [-0.2, 0) is 0 Å². The molecule has 0 radical (unpaired) electrons. The van der Waals surface area contributed by atoms with Gasteiger partial charge in [-0.1, -0.05) is 27.3 Å². The molecule has 4 rings (SSSR count). The molecule has 0 aliphatic carbocycles. The number of pyridine rings is 1. The summed E-state index contributed by atoms with van der Waals surface area (Å²) >= 11 is 4.87. The van der Waals surface area contributed by atoms with E-state index in [9.17, 15) is 0 Å². The van der Waals surface area contributed by atoms with Gasteiger partial charge in [-0.2, -0.15) is 4.52 Å². The molecule has 3 heterocycles. The summed E-state index contributed by atoms with van der Waals surface area (Å²) in [6.45, 7) is 0. The molecule has 1 aromatic carbocycles. The predicted octanol–water partition coefficient (Wildman–Crippen LogP) is 3.75. The molecule has 3 aromatic heterocycles. The maximum Gasteiger partial charge on any atom is 0.236 e. The number of fused-ring (bicyclic) bond motifs is 1. The molecule has 0 aliphatic rings. The summed E-state index contributed by atoms with van der Waals surface area (Å²) in [5.41, 5.74) is 1.90. The molecule has 22 heavy (non-hydrogen) atoms. The lowest BCUT2D eigenvalue weighted by Crippen LogP contribution is -1.94. The Kier molecular flexibility index (Phi) is 3.32. The zero-order valence-corrected chi connectivity index (χ0v) is 13.5. The first-order chi connectivity index (χ1) is 10.8. The van der Waals surface area contributed by atoms with Crippen molar-refractivity contribution in [2.45, 2.75) is 0 Å². The normalized spacial score (nSPS) is 11.0. The third kappa shape index (κ3) is 2.46. The van der Waals surface area contributed by atoms with Crippen LogP contribution in [0.25, 0.3) is 16.3 Å². The molecule has 4 aromatic rings. The largest absolute Gasteiger partial charge is 0.330 e. The summed E-state index contributed by atoms with van der Waals surface area (Å²) in [5.74, 6) is 0.706. The summed E-state index contributed by atoms with van der Waals surface area (Å²) in [7, 11) is 0. The van der Waals surface area contributed by atoms with Gasteiger partial charge >= 0.3 is 0 Å². The summed E-state index contributed by atoms with van der Waals surface area (Å²) in [4.78, 5) is 4.75. The van der Waals surface area contributed by atoms with Crippen molar-refractivity contribution in [3.63, 3.8) is 0 Å². The van der Waals surface area contributed by atoms with Gasteiger partial charge in [0.25, 0.3) is 0 Å². The molecule has 0 saturated heterocycles. The minimum Gasteiger partial charge on any atom is -0.330 e. The van der Waals surface area contributed by atoms with Crippen molar-refractivity contribution in [1.82, 2.24) is 24.8 Å². The Balaban J connectivity index is 1.70. The van der Waals surface area contributed by atoms with Crippen LogP contribution < -0.4 is 5.32 Å². The van der Waals surface area contributed by atoms with Gasteiger partial charge in [-0.15, -0.1) is 15.3 Å². The standard InChI is InChI=1S/C14H9BrN6S/c15-10-1-3-11(4-2-10)17-13-20-21-12(18-19-14(21)22-13)9-5-7-16-8-6-9/h1-8H,(H,17,20). The van der Waals surface area contributed by atoms with Crippen LogP contribution in [0.15, 0.2) is 53.3 Å². The maximum absolute atomic E-state index is 4.53. The topological polar surface area (TPSA) is 68.0 Å². The molecule has 1 N–H and O–H groups in total. The van der Waals surface area contributed by atoms with Crippen LogP contribution in [-0.4, -0.2) is 24.8 Å². The fourth-order valence-electron chi connectivity index (χ4n) is 2.01. The number of hydrogen-bond donors (Lipinski definition) is 1. The fraction of sp³-hybridized carbons (Fsp3) is 0. The highest BCUT2D eigenvalue weighted by molar-refractivity contribution is 9.10. The van der Waals surface area contributed by atoms with Gasteiger partial charge < -0.3 is 5.32 Å². The average Bonchev–Trinajstić information content (AvgIpc) is 3.10. The Morgan fingerprint density at radius 2 is 1.77 bits per heavy atom. The maximum atomic E-state index is 4.53. The summed E-state index contributed by atoms with van der Waals surface area (Å²) in [6.07, 6.45) is 3.45. The van der Waals surface area contributed by atoms with E-state index in [-0.39, 0.29) is 0 Å². The zero-order valence-electron chi connectivity index (χ0n) is 11.1. The summed E-state index contributed by atoms with van der Waals surface area (Å²) in [6, 6.07) is 11.7. The van der Waals surface area contributed by atoms with Crippen LogP contribution in [0, 0.1) is 0 Å². The zero-order chi connectivity index (χ0) is 14.9. The number of hydrogen-bond acceptors (Lipinski definition) is 6. The van der Waals surface area contributed by atoms with Gasteiger partial charge in [0.1, 0.15) is 0 Å². The van der Waals surface area contributed by atoms with Crippen LogP contribution in [0.3, 0.4) is 0 Å². The lowest BCUT2D eigenvalue weighted by Gasteiger charge is -2.01. The molecule has 0 spiro atoms. The Bertz CT molecular complexity index is 916. The third-order valence-electron chi connectivity index (χ3n) is 3.02. The first-order valence-electron chi connectivity index (χ1n) is 6.45. The number of aromatic nitrogens is 5. The molecular formula is C14H9BrN6S. The van der Waals surface area contributed by atoms with Crippen molar-refractivity contribution >= 4 is 43.0 Å². The van der Waals surface area contributed by atoms with Gasteiger partial charge in [0, 0.05) is 28.1 Å². The predicted molar refractivity (Wildman–Crippen MR) is 89.3 cm³/mol. The number of anilines is 2. The lowest BCUT2D eigenvalue weighted by molar-refractivity contribution is 0.969. The van der Waals surface area contributed by atoms with E-state index in [0.29, 0.717) is 5.82 Å². The van der Waals surface area contributed by atoms with Crippen molar-refractivity contribution in [3.8, 4) is 11.4 Å². The van der Waals surface area contributed by atoms with E-state index in [0.717, 1.165) is 25.8 Å². The van der Waals surface area contributed by atoms with Crippen molar-refractivity contribution < 1.29 is 0 Å². The van der Waals surface area contributed by atoms with Crippen molar-refractivity contribution in [1.29, 1.82) is 0 Å². The minimum atomic E-state index is 0.706. The van der Waals surface area contributed by atoms with Crippen molar-refractivity contribution in [3.05, 3.63) is 53.3 Å². The molecule has 8 heteroatoms. The Morgan fingerprint density at radius 1 is 1.00 bits per heavy atom. The van der Waals surface area contributed by atoms with Gasteiger partial charge in [0.2, 0.25) is 10.1 Å². The molecule has 0 fully saturated rings. The molecule has 0 saturated carbocycles. The summed E-state index contributed by atoms with van der Waals surface area (Å²) < 4.78 is 2.78. The van der Waals surface area contributed by atoms with E-state index in [1.54, 1.807) is 16.9 Å². The minimum absolute atomic E-state index is 0.706. The number of halogens is 1. The second kappa shape index (κ2) is 5.47.